The topological polar surface area (TPSA) is 98.8 Å². The highest BCUT2D eigenvalue weighted by atomic mass is 16.5. The molecule has 0 aliphatic heterocycles. The maximum atomic E-state index is 12.1. The predicted octanol–water partition coefficient (Wildman–Crippen LogP) is 0.623. The molecule has 1 N–H and O–H groups in total. The number of ether oxygens (including phenoxy) is 2. The average Bonchev–Trinajstić information content (AvgIpc) is 3.22. The molecule has 3 aliphatic carbocycles. The first-order chi connectivity index (χ1) is 11.9. The van der Waals surface area contributed by atoms with Crippen LogP contribution in [0.25, 0.3) is 0 Å². The molecule has 7 nitrogen and oxygen atoms in total. The van der Waals surface area contributed by atoms with Gasteiger partial charge < -0.3 is 19.6 Å². The lowest BCUT2D eigenvalue weighted by Gasteiger charge is -2.33. The monoisotopic (exact) mass is 349 g/mol. The molecule has 7 unspecified atom stereocenters. The molecule has 3 rings (SSSR count). The number of esters is 2. The molecule has 136 valence electrons. The van der Waals surface area contributed by atoms with E-state index in [1.165, 1.54) is 6.92 Å². The molecule has 0 heterocycles. The average molecular weight is 349 g/mol. The summed E-state index contributed by atoms with van der Waals surface area (Å²) >= 11 is 0. The lowest BCUT2D eigenvalue weighted by atomic mass is 9.78. The van der Waals surface area contributed by atoms with Crippen molar-refractivity contribution in [3.8, 4) is 0 Å². The van der Waals surface area contributed by atoms with Gasteiger partial charge in [0.2, 0.25) is 0 Å². The number of hydrogen-bond acceptors (Lipinski definition) is 6. The van der Waals surface area contributed by atoms with Gasteiger partial charge in [0.1, 0.15) is 12.4 Å². The van der Waals surface area contributed by atoms with E-state index in [1.54, 1.807) is 0 Å². The summed E-state index contributed by atoms with van der Waals surface area (Å²) in [7, 11) is 0. The molecule has 0 radical (unpaired) electrons. The molecule has 0 spiro atoms. The van der Waals surface area contributed by atoms with E-state index in [9.17, 15) is 19.2 Å². The van der Waals surface area contributed by atoms with Crippen molar-refractivity contribution in [2.24, 2.45) is 29.6 Å². The molecule has 0 saturated heterocycles. The molecule has 0 aromatic rings. The van der Waals surface area contributed by atoms with Gasteiger partial charge in [0.25, 0.3) is 5.91 Å². The third kappa shape index (κ3) is 3.32. The van der Waals surface area contributed by atoms with E-state index >= 15 is 0 Å². The van der Waals surface area contributed by atoms with E-state index in [2.05, 4.69) is 11.9 Å². The van der Waals surface area contributed by atoms with Gasteiger partial charge in [-0.2, -0.15) is 0 Å². The number of nitrogens with one attached hydrogen (secondary N) is 1. The van der Waals surface area contributed by atoms with Crippen LogP contribution in [0.5, 0.6) is 0 Å². The molecular weight excluding hydrogens is 326 g/mol. The largest absolute Gasteiger partial charge is 0.462 e. The van der Waals surface area contributed by atoms with Gasteiger partial charge in [-0.3, -0.25) is 9.59 Å². The van der Waals surface area contributed by atoms with E-state index in [0.29, 0.717) is 12.3 Å². The fourth-order valence-electron chi connectivity index (χ4n) is 5.22. The second-order valence-corrected chi connectivity index (χ2v) is 7.23. The van der Waals surface area contributed by atoms with Crippen LogP contribution in [0.15, 0.2) is 12.7 Å². The first-order valence-corrected chi connectivity index (χ1v) is 8.65. The fourth-order valence-corrected chi connectivity index (χ4v) is 5.22. The van der Waals surface area contributed by atoms with Gasteiger partial charge in [0.15, 0.2) is 6.61 Å². The number of fused-ring (bicyclic) bond motifs is 5. The first kappa shape index (κ1) is 17.6. The Morgan fingerprint density at radius 1 is 1.20 bits per heavy atom. The van der Waals surface area contributed by atoms with Crippen LogP contribution in [0.3, 0.4) is 0 Å². The fraction of sp³-hybridized carbons (Fsp3) is 0.667. The zero-order valence-corrected chi connectivity index (χ0v) is 14.2. The number of amides is 1. The molecule has 7 atom stereocenters. The van der Waals surface area contributed by atoms with Crippen molar-refractivity contribution in [3.63, 3.8) is 0 Å². The standard InChI is InChI=1S/C18H23NO6/c1-3-16(23)24-8-15(22)19-18-11(7-20)5-13-12-4-10(17(13)18)6-14(12)25-9(2)21/h3,7,10-14,17-18H,1,4-6,8H2,2H3,(H,19,22). The first-order valence-electron chi connectivity index (χ1n) is 8.65. The second kappa shape index (κ2) is 6.98. The summed E-state index contributed by atoms with van der Waals surface area (Å²) in [6, 6.07) is -0.245. The summed E-state index contributed by atoms with van der Waals surface area (Å²) in [6.45, 7) is 4.31. The summed E-state index contributed by atoms with van der Waals surface area (Å²) in [4.78, 5) is 45.9. The molecule has 0 aromatic heterocycles. The van der Waals surface area contributed by atoms with Crippen molar-refractivity contribution in [1.29, 1.82) is 0 Å². The predicted molar refractivity (Wildman–Crippen MR) is 86.0 cm³/mol. The van der Waals surface area contributed by atoms with Crippen LogP contribution >= 0.6 is 0 Å². The molecule has 2 bridgehead atoms. The van der Waals surface area contributed by atoms with Crippen LogP contribution < -0.4 is 5.32 Å². The highest BCUT2D eigenvalue weighted by Gasteiger charge is 2.61. The summed E-state index contributed by atoms with van der Waals surface area (Å²) < 4.78 is 10.2. The Bertz CT molecular complexity index is 602. The van der Waals surface area contributed by atoms with Crippen molar-refractivity contribution in [3.05, 3.63) is 12.7 Å². The molecule has 3 fully saturated rings. The Balaban J connectivity index is 1.65. The quantitative estimate of drug-likeness (QED) is 0.429. The Morgan fingerprint density at radius 2 is 1.96 bits per heavy atom. The minimum absolute atomic E-state index is 0.0703. The smallest absolute Gasteiger partial charge is 0.330 e. The second-order valence-electron chi connectivity index (χ2n) is 7.23. The van der Waals surface area contributed by atoms with Crippen LogP contribution in [0, 0.1) is 29.6 Å². The molecule has 7 heteroatoms. The van der Waals surface area contributed by atoms with Gasteiger partial charge >= 0.3 is 11.9 Å². The summed E-state index contributed by atoms with van der Waals surface area (Å²) in [5, 5.41) is 2.88. The summed E-state index contributed by atoms with van der Waals surface area (Å²) in [5.74, 6) is -0.497. The highest BCUT2D eigenvalue weighted by Crippen LogP contribution is 2.60. The Hall–Kier alpha value is -2.18. The van der Waals surface area contributed by atoms with Crippen LogP contribution in [0.2, 0.25) is 0 Å². The zero-order valence-electron chi connectivity index (χ0n) is 14.2. The van der Waals surface area contributed by atoms with Crippen molar-refractivity contribution in [1.82, 2.24) is 5.32 Å². The Labute approximate surface area is 146 Å². The molecule has 3 saturated carbocycles. The van der Waals surface area contributed by atoms with Gasteiger partial charge in [0.05, 0.1) is 0 Å². The summed E-state index contributed by atoms with van der Waals surface area (Å²) in [5.41, 5.74) is 0. The normalized spacial score (nSPS) is 37.9. The van der Waals surface area contributed by atoms with Crippen LogP contribution in [-0.2, 0) is 28.7 Å². The van der Waals surface area contributed by atoms with Gasteiger partial charge in [-0.15, -0.1) is 0 Å². The number of rotatable bonds is 6. The number of carbonyl (C=O) groups is 4. The van der Waals surface area contributed by atoms with Crippen molar-refractivity contribution in [2.45, 2.75) is 38.3 Å². The van der Waals surface area contributed by atoms with Gasteiger partial charge in [-0.05, 0) is 42.9 Å². The molecule has 25 heavy (non-hydrogen) atoms. The van der Waals surface area contributed by atoms with E-state index in [0.717, 1.165) is 25.2 Å². The number of carbonyl (C=O) groups excluding carboxylic acids is 4. The zero-order chi connectivity index (χ0) is 18.1. The lowest BCUT2D eigenvalue weighted by Crippen LogP contribution is -2.46. The molecule has 1 amide bonds. The maximum absolute atomic E-state index is 12.1. The van der Waals surface area contributed by atoms with Gasteiger partial charge in [0, 0.05) is 25.0 Å². The third-order valence-corrected chi connectivity index (χ3v) is 5.93. The van der Waals surface area contributed by atoms with Crippen molar-refractivity contribution < 1.29 is 28.7 Å². The van der Waals surface area contributed by atoms with E-state index < -0.39 is 11.9 Å². The maximum Gasteiger partial charge on any atom is 0.330 e. The SMILES string of the molecule is C=CC(=O)OCC(=O)NC1C(C=O)CC2C3CC(CC3OC(C)=O)C21. The number of hydrogen-bond donors (Lipinski definition) is 1. The van der Waals surface area contributed by atoms with Crippen LogP contribution in [0.4, 0.5) is 0 Å². The van der Waals surface area contributed by atoms with Crippen molar-refractivity contribution in [2.75, 3.05) is 6.61 Å². The lowest BCUT2D eigenvalue weighted by molar-refractivity contribution is -0.150. The summed E-state index contributed by atoms with van der Waals surface area (Å²) in [6.07, 6.45) is 4.28. The highest BCUT2D eigenvalue weighted by molar-refractivity contribution is 5.85. The molecular formula is C18H23NO6. The Morgan fingerprint density at radius 3 is 2.60 bits per heavy atom. The number of aldehydes is 1. The van der Waals surface area contributed by atoms with E-state index in [1.807, 2.05) is 0 Å². The van der Waals surface area contributed by atoms with Crippen LogP contribution in [-0.4, -0.2) is 42.9 Å². The van der Waals surface area contributed by atoms with E-state index in [-0.39, 0.29) is 48.4 Å². The van der Waals surface area contributed by atoms with Gasteiger partial charge in [-0.25, -0.2) is 4.79 Å². The Kier molecular flexibility index (Phi) is 4.92. The molecule has 3 aliphatic rings. The van der Waals surface area contributed by atoms with Gasteiger partial charge in [-0.1, -0.05) is 6.58 Å². The molecule has 0 aromatic carbocycles. The minimum Gasteiger partial charge on any atom is -0.462 e. The van der Waals surface area contributed by atoms with Crippen LogP contribution in [0.1, 0.15) is 26.2 Å². The third-order valence-electron chi connectivity index (χ3n) is 5.93. The van der Waals surface area contributed by atoms with Crippen molar-refractivity contribution >= 4 is 24.1 Å². The minimum atomic E-state index is -0.657. The van der Waals surface area contributed by atoms with E-state index in [4.69, 9.17) is 9.47 Å².